The van der Waals surface area contributed by atoms with Crippen LogP contribution in [0.2, 0.25) is 0 Å². The van der Waals surface area contributed by atoms with Gasteiger partial charge in [0, 0.05) is 5.56 Å². The lowest BCUT2D eigenvalue weighted by Crippen LogP contribution is -1.99. The summed E-state index contributed by atoms with van der Waals surface area (Å²) < 4.78 is 24.7. The van der Waals surface area contributed by atoms with Crippen LogP contribution < -0.4 is 0 Å². The number of hydrogen-bond acceptors (Lipinski definition) is 1. The Balaban J connectivity index is 2.23. The van der Waals surface area contributed by atoms with E-state index in [0.29, 0.717) is 5.56 Å². The van der Waals surface area contributed by atoms with E-state index in [4.69, 9.17) is 0 Å². The number of benzene rings is 2. The van der Waals surface area contributed by atoms with Crippen LogP contribution in [0.15, 0.2) is 54.6 Å². The maximum atomic E-state index is 12.4. The molecule has 0 bridgehead atoms. The van der Waals surface area contributed by atoms with Gasteiger partial charge in [-0.25, -0.2) is 8.78 Å². The molecule has 2 aromatic rings. The molecule has 0 heterocycles. The maximum absolute atomic E-state index is 12.4. The molecule has 1 atom stereocenters. The van der Waals surface area contributed by atoms with Gasteiger partial charge in [-0.15, -0.1) is 0 Å². The molecular formula is C14H12F2O. The van der Waals surface area contributed by atoms with E-state index < -0.39 is 12.5 Å². The third-order valence-electron chi connectivity index (χ3n) is 2.62. The van der Waals surface area contributed by atoms with Gasteiger partial charge in [0.05, 0.1) is 0 Å². The molecule has 0 aliphatic rings. The molecule has 0 aliphatic carbocycles. The standard InChI is InChI=1S/C14H12F2O/c15-14(16)12-8-6-11(7-9-12)13(17)10-4-2-1-3-5-10/h1-9,13-14,17H. The van der Waals surface area contributed by atoms with Crippen LogP contribution in [0.1, 0.15) is 29.2 Å². The van der Waals surface area contributed by atoms with Crippen LogP contribution in [-0.4, -0.2) is 5.11 Å². The predicted octanol–water partition coefficient (Wildman–Crippen LogP) is 3.71. The van der Waals surface area contributed by atoms with E-state index in [0.717, 1.165) is 5.56 Å². The van der Waals surface area contributed by atoms with Crippen molar-refractivity contribution in [1.29, 1.82) is 0 Å². The lowest BCUT2D eigenvalue weighted by molar-refractivity contribution is 0.151. The van der Waals surface area contributed by atoms with Crippen LogP contribution in [0, 0.1) is 0 Å². The molecule has 0 saturated carbocycles. The molecule has 1 unspecified atom stereocenters. The van der Waals surface area contributed by atoms with Crippen molar-refractivity contribution in [3.63, 3.8) is 0 Å². The zero-order valence-electron chi connectivity index (χ0n) is 9.05. The van der Waals surface area contributed by atoms with E-state index in [2.05, 4.69) is 0 Å². The van der Waals surface area contributed by atoms with Gasteiger partial charge in [0.1, 0.15) is 6.10 Å². The van der Waals surface area contributed by atoms with Crippen molar-refractivity contribution in [3.8, 4) is 0 Å². The predicted molar refractivity (Wildman–Crippen MR) is 61.9 cm³/mol. The van der Waals surface area contributed by atoms with Crippen LogP contribution in [0.25, 0.3) is 0 Å². The van der Waals surface area contributed by atoms with Crippen LogP contribution in [0.5, 0.6) is 0 Å². The second-order valence-corrected chi connectivity index (χ2v) is 3.78. The fraction of sp³-hybridized carbons (Fsp3) is 0.143. The van der Waals surface area contributed by atoms with Gasteiger partial charge in [-0.05, 0) is 11.1 Å². The van der Waals surface area contributed by atoms with Crippen LogP contribution in [-0.2, 0) is 0 Å². The number of aliphatic hydroxyl groups excluding tert-OH is 1. The average Bonchev–Trinajstić information content (AvgIpc) is 2.39. The number of aliphatic hydroxyl groups is 1. The van der Waals surface area contributed by atoms with E-state index in [-0.39, 0.29) is 5.56 Å². The highest BCUT2D eigenvalue weighted by Gasteiger charge is 2.11. The Kier molecular flexibility index (Phi) is 3.49. The summed E-state index contributed by atoms with van der Waals surface area (Å²) in [4.78, 5) is 0. The lowest BCUT2D eigenvalue weighted by Gasteiger charge is -2.11. The van der Waals surface area contributed by atoms with Crippen molar-refractivity contribution in [3.05, 3.63) is 71.3 Å². The van der Waals surface area contributed by atoms with Crippen molar-refractivity contribution in [2.75, 3.05) is 0 Å². The van der Waals surface area contributed by atoms with Crippen LogP contribution >= 0.6 is 0 Å². The normalized spacial score (nSPS) is 12.7. The minimum absolute atomic E-state index is 0.0333. The summed E-state index contributed by atoms with van der Waals surface area (Å²) in [7, 11) is 0. The van der Waals surface area contributed by atoms with E-state index in [9.17, 15) is 13.9 Å². The Morgan fingerprint density at radius 3 is 1.71 bits per heavy atom. The van der Waals surface area contributed by atoms with Crippen LogP contribution in [0.3, 0.4) is 0 Å². The second-order valence-electron chi connectivity index (χ2n) is 3.78. The first-order chi connectivity index (χ1) is 8.18. The number of halogens is 2. The summed E-state index contributed by atoms with van der Waals surface area (Å²) in [6.45, 7) is 0. The summed E-state index contributed by atoms with van der Waals surface area (Å²) in [6.07, 6.45) is -3.25. The summed E-state index contributed by atoms with van der Waals surface area (Å²) in [5.74, 6) is 0. The Hall–Kier alpha value is -1.74. The Morgan fingerprint density at radius 1 is 0.706 bits per heavy atom. The van der Waals surface area contributed by atoms with Gasteiger partial charge < -0.3 is 5.11 Å². The first-order valence-electron chi connectivity index (χ1n) is 5.29. The molecular weight excluding hydrogens is 222 g/mol. The van der Waals surface area contributed by atoms with Gasteiger partial charge >= 0.3 is 0 Å². The van der Waals surface area contributed by atoms with Crippen molar-refractivity contribution in [1.82, 2.24) is 0 Å². The van der Waals surface area contributed by atoms with Crippen molar-refractivity contribution in [2.24, 2.45) is 0 Å². The van der Waals surface area contributed by atoms with E-state index >= 15 is 0 Å². The van der Waals surface area contributed by atoms with Gasteiger partial charge in [-0.3, -0.25) is 0 Å². The highest BCUT2D eigenvalue weighted by Crippen LogP contribution is 2.24. The number of hydrogen-bond donors (Lipinski definition) is 1. The zero-order chi connectivity index (χ0) is 12.3. The van der Waals surface area contributed by atoms with E-state index in [1.165, 1.54) is 24.3 Å². The van der Waals surface area contributed by atoms with Gasteiger partial charge in [-0.1, -0.05) is 54.6 Å². The fourth-order valence-electron chi connectivity index (χ4n) is 1.65. The Bertz CT molecular complexity index is 465. The second kappa shape index (κ2) is 5.06. The minimum Gasteiger partial charge on any atom is -0.384 e. The molecule has 17 heavy (non-hydrogen) atoms. The molecule has 0 spiro atoms. The molecule has 0 amide bonds. The zero-order valence-corrected chi connectivity index (χ0v) is 9.05. The Morgan fingerprint density at radius 2 is 1.18 bits per heavy atom. The maximum Gasteiger partial charge on any atom is 0.263 e. The van der Waals surface area contributed by atoms with Crippen LogP contribution in [0.4, 0.5) is 8.78 Å². The summed E-state index contributed by atoms with van der Waals surface area (Å²) in [6, 6.07) is 14.8. The largest absolute Gasteiger partial charge is 0.384 e. The third-order valence-corrected chi connectivity index (χ3v) is 2.62. The lowest BCUT2D eigenvalue weighted by atomic mass is 10.0. The summed E-state index contributed by atoms with van der Waals surface area (Å²) >= 11 is 0. The molecule has 1 N–H and O–H groups in total. The Labute approximate surface area is 98.3 Å². The molecule has 1 nitrogen and oxygen atoms in total. The van der Waals surface area contributed by atoms with Gasteiger partial charge in [0.25, 0.3) is 6.43 Å². The van der Waals surface area contributed by atoms with E-state index in [1.807, 2.05) is 18.2 Å². The molecule has 0 radical (unpaired) electrons. The third kappa shape index (κ3) is 2.68. The first kappa shape index (κ1) is 11.7. The van der Waals surface area contributed by atoms with Gasteiger partial charge in [-0.2, -0.15) is 0 Å². The molecule has 3 heteroatoms. The van der Waals surface area contributed by atoms with E-state index in [1.54, 1.807) is 12.1 Å². The highest BCUT2D eigenvalue weighted by molar-refractivity contribution is 5.32. The summed E-state index contributed by atoms with van der Waals surface area (Å²) in [5.41, 5.74) is 1.33. The van der Waals surface area contributed by atoms with Crippen molar-refractivity contribution < 1.29 is 13.9 Å². The molecule has 2 aromatic carbocycles. The van der Waals surface area contributed by atoms with Gasteiger partial charge in [0.2, 0.25) is 0 Å². The average molecular weight is 234 g/mol. The molecule has 0 saturated heterocycles. The molecule has 0 aliphatic heterocycles. The molecule has 2 rings (SSSR count). The minimum atomic E-state index is -2.47. The molecule has 0 fully saturated rings. The number of alkyl halides is 2. The van der Waals surface area contributed by atoms with Crippen molar-refractivity contribution >= 4 is 0 Å². The smallest absolute Gasteiger partial charge is 0.263 e. The number of rotatable bonds is 3. The highest BCUT2D eigenvalue weighted by atomic mass is 19.3. The molecule has 0 aromatic heterocycles. The molecule has 88 valence electrons. The quantitative estimate of drug-likeness (QED) is 0.858. The topological polar surface area (TPSA) is 20.2 Å². The first-order valence-corrected chi connectivity index (χ1v) is 5.29. The SMILES string of the molecule is OC(c1ccccc1)c1ccc(C(F)F)cc1. The monoisotopic (exact) mass is 234 g/mol. The fourth-order valence-corrected chi connectivity index (χ4v) is 1.65. The van der Waals surface area contributed by atoms with Gasteiger partial charge in [0.15, 0.2) is 0 Å². The van der Waals surface area contributed by atoms with Crippen molar-refractivity contribution in [2.45, 2.75) is 12.5 Å². The summed E-state index contributed by atoms with van der Waals surface area (Å²) in [5, 5.41) is 10.0.